The SMILES string of the molecule is CCC(C(=O)O)n1/c(=N/C(=O)c2cccc(Cl)c2)sc2cc(Cl)ccc21. The van der Waals surface area contributed by atoms with Crippen LogP contribution >= 0.6 is 34.5 Å². The van der Waals surface area contributed by atoms with Crippen molar-refractivity contribution in [1.82, 2.24) is 4.57 Å². The number of carbonyl (C=O) groups is 2. The van der Waals surface area contributed by atoms with Gasteiger partial charge in [-0.15, -0.1) is 0 Å². The van der Waals surface area contributed by atoms with Crippen molar-refractivity contribution in [3.8, 4) is 0 Å². The summed E-state index contributed by atoms with van der Waals surface area (Å²) in [7, 11) is 0. The Morgan fingerprint density at radius 3 is 2.58 bits per heavy atom. The van der Waals surface area contributed by atoms with Crippen LogP contribution in [0.3, 0.4) is 0 Å². The van der Waals surface area contributed by atoms with Crippen LogP contribution in [-0.4, -0.2) is 21.6 Å². The Labute approximate surface area is 163 Å². The molecule has 26 heavy (non-hydrogen) atoms. The number of amides is 1. The fourth-order valence-electron chi connectivity index (χ4n) is 2.64. The molecule has 1 aromatic heterocycles. The number of hydrogen-bond donors (Lipinski definition) is 1. The van der Waals surface area contributed by atoms with Gasteiger partial charge < -0.3 is 9.67 Å². The summed E-state index contributed by atoms with van der Waals surface area (Å²) in [5, 5.41) is 10.5. The van der Waals surface area contributed by atoms with Crippen molar-refractivity contribution in [2.45, 2.75) is 19.4 Å². The maximum Gasteiger partial charge on any atom is 0.326 e. The molecule has 1 N–H and O–H groups in total. The number of aliphatic carboxylic acids is 1. The summed E-state index contributed by atoms with van der Waals surface area (Å²) in [6, 6.07) is 10.8. The predicted molar refractivity (Wildman–Crippen MR) is 103 cm³/mol. The van der Waals surface area contributed by atoms with E-state index in [0.717, 1.165) is 4.70 Å². The second-order valence-corrected chi connectivity index (χ2v) is 7.44. The lowest BCUT2D eigenvalue weighted by Crippen LogP contribution is -2.27. The number of halogens is 2. The van der Waals surface area contributed by atoms with Crippen LogP contribution in [0.2, 0.25) is 10.0 Å². The van der Waals surface area contributed by atoms with Crippen molar-refractivity contribution >= 4 is 56.6 Å². The lowest BCUT2D eigenvalue weighted by Gasteiger charge is -2.13. The Hall–Kier alpha value is -2.15. The van der Waals surface area contributed by atoms with Crippen LogP contribution in [0.25, 0.3) is 10.2 Å². The van der Waals surface area contributed by atoms with Gasteiger partial charge in [-0.2, -0.15) is 4.99 Å². The zero-order valence-electron chi connectivity index (χ0n) is 13.6. The topological polar surface area (TPSA) is 71.7 Å². The van der Waals surface area contributed by atoms with E-state index in [0.29, 0.717) is 32.3 Å². The van der Waals surface area contributed by atoms with Gasteiger partial charge in [0.15, 0.2) is 4.80 Å². The molecule has 0 radical (unpaired) electrons. The van der Waals surface area contributed by atoms with Gasteiger partial charge in [0.05, 0.1) is 10.2 Å². The van der Waals surface area contributed by atoms with Crippen LogP contribution in [0, 0.1) is 0 Å². The fourth-order valence-corrected chi connectivity index (χ4v) is 4.17. The van der Waals surface area contributed by atoms with Gasteiger partial charge in [-0.05, 0) is 42.8 Å². The number of hydrogen-bond acceptors (Lipinski definition) is 3. The molecule has 0 saturated heterocycles. The average molecular weight is 409 g/mol. The Balaban J connectivity index is 2.24. The Morgan fingerprint density at radius 1 is 1.19 bits per heavy atom. The summed E-state index contributed by atoms with van der Waals surface area (Å²) < 4.78 is 2.33. The maximum absolute atomic E-state index is 12.5. The minimum atomic E-state index is -0.987. The first-order chi connectivity index (χ1) is 12.4. The second kappa shape index (κ2) is 7.61. The van der Waals surface area contributed by atoms with Crippen molar-refractivity contribution in [2.24, 2.45) is 4.99 Å². The third-order valence-electron chi connectivity index (χ3n) is 3.84. The van der Waals surface area contributed by atoms with Gasteiger partial charge in [0.2, 0.25) is 0 Å². The Morgan fingerprint density at radius 2 is 1.92 bits per heavy atom. The molecule has 1 heterocycles. The normalized spacial score (nSPS) is 13.1. The monoisotopic (exact) mass is 408 g/mol. The third kappa shape index (κ3) is 3.67. The molecular formula is C18H14Cl2N2O3S. The highest BCUT2D eigenvalue weighted by molar-refractivity contribution is 7.16. The molecule has 3 aromatic rings. The maximum atomic E-state index is 12.5. The molecule has 1 atom stereocenters. The van der Waals surface area contributed by atoms with Crippen molar-refractivity contribution in [1.29, 1.82) is 0 Å². The van der Waals surface area contributed by atoms with Crippen molar-refractivity contribution < 1.29 is 14.7 Å². The Kier molecular flexibility index (Phi) is 5.46. The van der Waals surface area contributed by atoms with Crippen LogP contribution in [0.5, 0.6) is 0 Å². The van der Waals surface area contributed by atoms with E-state index in [9.17, 15) is 14.7 Å². The summed E-state index contributed by atoms with van der Waals surface area (Å²) in [5.74, 6) is -1.47. The molecule has 1 unspecified atom stereocenters. The molecule has 0 aliphatic carbocycles. The predicted octanol–water partition coefficient (Wildman–Crippen LogP) is 4.79. The van der Waals surface area contributed by atoms with E-state index in [1.165, 1.54) is 17.4 Å². The number of benzene rings is 2. The molecule has 0 aliphatic heterocycles. The summed E-state index contributed by atoms with van der Waals surface area (Å²) in [5.41, 5.74) is 1.01. The zero-order valence-corrected chi connectivity index (χ0v) is 16.0. The number of thiazole rings is 1. The third-order valence-corrected chi connectivity index (χ3v) is 5.33. The van der Waals surface area contributed by atoms with Crippen molar-refractivity contribution in [2.75, 3.05) is 0 Å². The van der Waals surface area contributed by atoms with Gasteiger partial charge >= 0.3 is 5.97 Å². The van der Waals surface area contributed by atoms with Crippen LogP contribution in [0.1, 0.15) is 29.7 Å². The molecule has 2 aromatic carbocycles. The number of carboxylic acids is 1. The van der Waals surface area contributed by atoms with E-state index in [1.54, 1.807) is 47.9 Å². The molecule has 1 amide bonds. The number of fused-ring (bicyclic) bond motifs is 1. The summed E-state index contributed by atoms with van der Waals surface area (Å²) in [4.78, 5) is 28.7. The summed E-state index contributed by atoms with van der Waals surface area (Å²) in [6.45, 7) is 1.77. The molecule has 3 rings (SSSR count). The van der Waals surface area contributed by atoms with Crippen molar-refractivity contribution in [3.05, 3.63) is 62.9 Å². The highest BCUT2D eigenvalue weighted by atomic mass is 35.5. The number of rotatable bonds is 4. The summed E-state index contributed by atoms with van der Waals surface area (Å²) in [6.07, 6.45) is 0.350. The van der Waals surface area contributed by atoms with Gasteiger partial charge in [0.25, 0.3) is 5.91 Å². The summed E-state index contributed by atoms with van der Waals surface area (Å²) >= 11 is 13.2. The number of carbonyl (C=O) groups excluding carboxylic acids is 1. The van der Waals surface area contributed by atoms with Crippen LogP contribution in [-0.2, 0) is 4.79 Å². The lowest BCUT2D eigenvalue weighted by atomic mass is 10.2. The fraction of sp³-hybridized carbons (Fsp3) is 0.167. The molecular weight excluding hydrogens is 395 g/mol. The lowest BCUT2D eigenvalue weighted by molar-refractivity contribution is -0.140. The van der Waals surface area contributed by atoms with Gasteiger partial charge in [0.1, 0.15) is 6.04 Å². The van der Waals surface area contributed by atoms with E-state index in [4.69, 9.17) is 23.2 Å². The first-order valence-corrected chi connectivity index (χ1v) is 9.36. The van der Waals surface area contributed by atoms with E-state index >= 15 is 0 Å². The highest BCUT2D eigenvalue weighted by Gasteiger charge is 2.22. The molecule has 0 bridgehead atoms. The Bertz CT molecular complexity index is 1070. The molecule has 5 nitrogen and oxygen atoms in total. The van der Waals surface area contributed by atoms with Gasteiger partial charge in [-0.25, -0.2) is 4.79 Å². The molecule has 134 valence electrons. The van der Waals surface area contributed by atoms with E-state index < -0.39 is 17.9 Å². The van der Waals surface area contributed by atoms with Crippen molar-refractivity contribution in [3.63, 3.8) is 0 Å². The van der Waals surface area contributed by atoms with Gasteiger partial charge in [-0.1, -0.05) is 47.5 Å². The van der Waals surface area contributed by atoms with Crippen LogP contribution < -0.4 is 4.80 Å². The average Bonchev–Trinajstić information content (AvgIpc) is 2.92. The molecule has 8 heteroatoms. The molecule has 0 spiro atoms. The standard InChI is InChI=1S/C18H14Cl2N2O3S/c1-2-13(17(24)25)22-14-7-6-12(20)9-15(14)26-18(22)21-16(23)10-4-3-5-11(19)8-10/h3-9,13H,2H2,1H3,(H,24,25)/b21-18-. The first kappa shape index (κ1) is 18.6. The van der Waals surface area contributed by atoms with Crippen LogP contribution in [0.15, 0.2) is 47.5 Å². The van der Waals surface area contributed by atoms with E-state index in [2.05, 4.69) is 4.99 Å². The minimum Gasteiger partial charge on any atom is -0.480 e. The molecule has 0 fully saturated rings. The second-order valence-electron chi connectivity index (χ2n) is 5.56. The van der Waals surface area contributed by atoms with Gasteiger partial charge in [0, 0.05) is 15.6 Å². The first-order valence-electron chi connectivity index (χ1n) is 7.78. The van der Waals surface area contributed by atoms with E-state index in [-0.39, 0.29) is 0 Å². The quantitative estimate of drug-likeness (QED) is 0.674. The molecule has 0 aliphatic rings. The number of aromatic nitrogens is 1. The molecule has 0 saturated carbocycles. The van der Waals surface area contributed by atoms with Gasteiger partial charge in [-0.3, -0.25) is 4.79 Å². The zero-order chi connectivity index (χ0) is 18.8. The van der Waals surface area contributed by atoms with E-state index in [1.807, 2.05) is 0 Å². The highest BCUT2D eigenvalue weighted by Crippen LogP contribution is 2.26. The minimum absolute atomic E-state index is 0.307. The number of nitrogens with zero attached hydrogens (tertiary/aromatic N) is 2. The largest absolute Gasteiger partial charge is 0.480 e. The number of carboxylic acid groups (broad SMARTS) is 1. The van der Waals surface area contributed by atoms with Crippen LogP contribution in [0.4, 0.5) is 0 Å². The smallest absolute Gasteiger partial charge is 0.326 e.